The lowest BCUT2D eigenvalue weighted by molar-refractivity contribution is 0.284. The first kappa shape index (κ1) is 21.3. The van der Waals surface area contributed by atoms with Crippen molar-refractivity contribution in [2.75, 3.05) is 7.11 Å². The van der Waals surface area contributed by atoms with E-state index >= 15 is 0 Å². The van der Waals surface area contributed by atoms with Crippen LogP contribution in [0.3, 0.4) is 0 Å². The van der Waals surface area contributed by atoms with E-state index in [0.29, 0.717) is 34.4 Å². The Morgan fingerprint density at radius 2 is 1.84 bits per heavy atom. The molecule has 4 nitrogen and oxygen atoms in total. The van der Waals surface area contributed by atoms with E-state index in [9.17, 15) is 9.65 Å². The predicted molar refractivity (Wildman–Crippen MR) is 125 cm³/mol. The summed E-state index contributed by atoms with van der Waals surface area (Å²) in [4.78, 5) is 4.56. The molecule has 0 atom stereocenters. The maximum Gasteiger partial charge on any atom is 0.162 e. The molecule has 0 fully saturated rings. The van der Waals surface area contributed by atoms with E-state index in [4.69, 9.17) is 9.47 Å². The van der Waals surface area contributed by atoms with Gasteiger partial charge in [-0.2, -0.15) is 5.26 Å². The van der Waals surface area contributed by atoms with Crippen molar-refractivity contribution in [1.29, 1.82) is 5.26 Å². The Morgan fingerprint density at radius 3 is 2.56 bits per heavy atom. The van der Waals surface area contributed by atoms with Crippen molar-refractivity contribution in [3.05, 3.63) is 100 Å². The van der Waals surface area contributed by atoms with E-state index in [1.54, 1.807) is 25.3 Å². The van der Waals surface area contributed by atoms with Gasteiger partial charge in [0.1, 0.15) is 23.5 Å². The Bertz CT molecular complexity index is 1280. The van der Waals surface area contributed by atoms with Gasteiger partial charge in [0.05, 0.1) is 18.4 Å². The molecule has 0 N–H and O–H groups in total. The minimum Gasteiger partial charge on any atom is -0.493 e. The van der Waals surface area contributed by atoms with Crippen LogP contribution in [-0.2, 0) is 6.61 Å². The summed E-state index contributed by atoms with van der Waals surface area (Å²) in [6, 6.07) is 23.7. The number of nitrogens with zero attached hydrogens (tertiary/aromatic N) is 2. The zero-order valence-electron chi connectivity index (χ0n) is 17.3. The lowest BCUT2D eigenvalue weighted by Crippen LogP contribution is -1.98. The highest BCUT2D eigenvalue weighted by molar-refractivity contribution is 7.11. The van der Waals surface area contributed by atoms with Gasteiger partial charge in [0.15, 0.2) is 11.5 Å². The molecule has 4 aromatic rings. The largest absolute Gasteiger partial charge is 0.493 e. The Hall–Kier alpha value is -3.95. The topological polar surface area (TPSA) is 55.1 Å². The summed E-state index contributed by atoms with van der Waals surface area (Å²) in [5.74, 6) is 0.907. The number of allylic oxidation sites excluding steroid dienone is 1. The summed E-state index contributed by atoms with van der Waals surface area (Å²) in [5, 5.41) is 12.2. The Kier molecular flexibility index (Phi) is 6.59. The molecule has 3 aromatic carbocycles. The number of rotatable bonds is 7. The number of nitriles is 1. The molecule has 0 saturated heterocycles. The summed E-state index contributed by atoms with van der Waals surface area (Å²) >= 11 is 1.37. The average molecular weight is 443 g/mol. The molecular formula is C26H19FN2O2S. The molecule has 0 aliphatic carbocycles. The number of ether oxygens (including phenoxy) is 2. The lowest BCUT2D eigenvalue weighted by Gasteiger charge is -2.11. The summed E-state index contributed by atoms with van der Waals surface area (Å²) in [6.45, 7) is 0.406. The van der Waals surface area contributed by atoms with Gasteiger partial charge >= 0.3 is 0 Å². The Balaban J connectivity index is 1.59. The predicted octanol–water partition coefficient (Wildman–Crippen LogP) is 6.60. The summed E-state index contributed by atoms with van der Waals surface area (Å²) < 4.78 is 24.6. The third kappa shape index (κ3) is 5.02. The number of benzene rings is 3. The van der Waals surface area contributed by atoms with Crippen molar-refractivity contribution in [1.82, 2.24) is 4.98 Å². The first-order valence-corrected chi connectivity index (χ1v) is 10.7. The third-order valence-electron chi connectivity index (χ3n) is 4.73. The van der Waals surface area contributed by atoms with Crippen LogP contribution in [0, 0.1) is 17.1 Å². The van der Waals surface area contributed by atoms with Crippen molar-refractivity contribution in [2.45, 2.75) is 6.61 Å². The van der Waals surface area contributed by atoms with Crippen molar-refractivity contribution in [2.24, 2.45) is 0 Å². The van der Waals surface area contributed by atoms with Crippen LogP contribution in [0.4, 0.5) is 4.39 Å². The lowest BCUT2D eigenvalue weighted by atomic mass is 10.1. The standard InChI is InChI=1S/C26H19FN2O2S/c1-30-24-12-7-19(14-25(24)31-16-18-5-3-2-4-6-18)13-21(15-28)26-29-23(17-32-26)20-8-10-22(27)11-9-20/h2-14,17H,16H2,1H3/b21-13+. The van der Waals surface area contributed by atoms with Crippen LogP contribution in [0.2, 0.25) is 0 Å². The molecule has 158 valence electrons. The van der Waals surface area contributed by atoms with Gasteiger partial charge in [-0.15, -0.1) is 11.3 Å². The highest BCUT2D eigenvalue weighted by Gasteiger charge is 2.11. The normalized spacial score (nSPS) is 11.1. The molecule has 1 heterocycles. The smallest absolute Gasteiger partial charge is 0.162 e. The molecule has 0 radical (unpaired) electrons. The molecule has 4 rings (SSSR count). The van der Waals surface area contributed by atoms with Gasteiger partial charge in [0, 0.05) is 10.9 Å². The second kappa shape index (κ2) is 9.90. The van der Waals surface area contributed by atoms with E-state index in [2.05, 4.69) is 11.1 Å². The number of hydrogen-bond acceptors (Lipinski definition) is 5. The Morgan fingerprint density at radius 1 is 1.06 bits per heavy atom. The first-order valence-electron chi connectivity index (χ1n) is 9.84. The molecule has 0 unspecified atom stereocenters. The van der Waals surface area contributed by atoms with Crippen LogP contribution in [0.25, 0.3) is 22.9 Å². The van der Waals surface area contributed by atoms with Crippen molar-refractivity contribution < 1.29 is 13.9 Å². The van der Waals surface area contributed by atoms with Gasteiger partial charge in [-0.05, 0) is 53.6 Å². The van der Waals surface area contributed by atoms with Gasteiger partial charge in [0.2, 0.25) is 0 Å². The summed E-state index contributed by atoms with van der Waals surface area (Å²) in [5.41, 5.74) is 3.77. The van der Waals surface area contributed by atoms with E-state index in [1.807, 2.05) is 53.9 Å². The number of thiazole rings is 1. The number of methoxy groups -OCH3 is 1. The maximum atomic E-state index is 13.2. The molecule has 1 aromatic heterocycles. The van der Waals surface area contributed by atoms with Crippen molar-refractivity contribution >= 4 is 23.0 Å². The van der Waals surface area contributed by atoms with E-state index < -0.39 is 0 Å². The zero-order valence-corrected chi connectivity index (χ0v) is 18.1. The quantitative estimate of drug-likeness (QED) is 0.303. The number of halogens is 1. The van der Waals surface area contributed by atoms with Gasteiger partial charge < -0.3 is 9.47 Å². The summed E-state index contributed by atoms with van der Waals surface area (Å²) in [7, 11) is 1.59. The SMILES string of the molecule is COc1ccc(/C=C(\C#N)c2nc(-c3ccc(F)cc3)cs2)cc1OCc1ccccc1. The molecular weight excluding hydrogens is 423 g/mol. The molecule has 0 saturated carbocycles. The van der Waals surface area contributed by atoms with E-state index in [-0.39, 0.29) is 5.82 Å². The average Bonchev–Trinajstić information content (AvgIpc) is 3.32. The van der Waals surface area contributed by atoms with Crippen molar-refractivity contribution in [3.8, 4) is 28.8 Å². The first-order chi connectivity index (χ1) is 15.7. The minimum atomic E-state index is -0.299. The second-order valence-corrected chi connectivity index (χ2v) is 7.76. The monoisotopic (exact) mass is 442 g/mol. The Labute approximate surface area is 189 Å². The van der Waals surface area contributed by atoms with Crippen LogP contribution in [-0.4, -0.2) is 12.1 Å². The number of hydrogen-bond donors (Lipinski definition) is 0. The molecule has 0 spiro atoms. The van der Waals surface area contributed by atoms with Gasteiger partial charge in [-0.1, -0.05) is 36.4 Å². The van der Waals surface area contributed by atoms with Crippen LogP contribution in [0.5, 0.6) is 11.5 Å². The van der Waals surface area contributed by atoms with Crippen molar-refractivity contribution in [3.63, 3.8) is 0 Å². The van der Waals surface area contributed by atoms with Crippen LogP contribution in [0.1, 0.15) is 16.1 Å². The fourth-order valence-electron chi connectivity index (χ4n) is 3.09. The highest BCUT2D eigenvalue weighted by atomic mass is 32.1. The number of aromatic nitrogens is 1. The van der Waals surface area contributed by atoms with Gasteiger partial charge in [-0.25, -0.2) is 9.37 Å². The van der Waals surface area contributed by atoms with E-state index in [1.165, 1.54) is 23.5 Å². The summed E-state index contributed by atoms with van der Waals surface area (Å²) in [6.07, 6.45) is 1.77. The minimum absolute atomic E-state index is 0.299. The molecule has 0 aliphatic rings. The van der Waals surface area contributed by atoms with Crippen LogP contribution < -0.4 is 9.47 Å². The maximum absolute atomic E-state index is 13.2. The van der Waals surface area contributed by atoms with Crippen LogP contribution >= 0.6 is 11.3 Å². The molecule has 0 aliphatic heterocycles. The van der Waals surface area contributed by atoms with Gasteiger partial charge in [0.25, 0.3) is 0 Å². The fourth-order valence-corrected chi connectivity index (χ4v) is 3.89. The highest BCUT2D eigenvalue weighted by Crippen LogP contribution is 2.32. The van der Waals surface area contributed by atoms with Gasteiger partial charge in [-0.3, -0.25) is 0 Å². The fraction of sp³-hybridized carbons (Fsp3) is 0.0769. The van der Waals surface area contributed by atoms with E-state index in [0.717, 1.165) is 16.7 Å². The van der Waals surface area contributed by atoms with Crippen LogP contribution in [0.15, 0.2) is 78.2 Å². The third-order valence-corrected chi connectivity index (χ3v) is 5.61. The zero-order chi connectivity index (χ0) is 22.3. The second-order valence-electron chi connectivity index (χ2n) is 6.90. The molecule has 6 heteroatoms. The molecule has 0 amide bonds. The molecule has 0 bridgehead atoms. The molecule has 32 heavy (non-hydrogen) atoms.